The predicted molar refractivity (Wildman–Crippen MR) is 136 cm³/mol. The molecule has 0 saturated carbocycles. The number of halogens is 2. The SMILES string of the molecule is NNc1ccc(NC(=O)c2ccc(F)cc2)cc1.O=C(Nc1ccc([N+](=O)[O-])cc1)c1ccc(F)cc1. The molecule has 4 aromatic carbocycles. The smallest absolute Gasteiger partial charge is 0.269 e. The molecule has 0 radical (unpaired) electrons. The molecule has 188 valence electrons. The van der Waals surface area contributed by atoms with Gasteiger partial charge in [-0.1, -0.05) is 0 Å². The number of nitrogens with one attached hydrogen (secondary N) is 3. The maximum Gasteiger partial charge on any atom is 0.269 e. The van der Waals surface area contributed by atoms with Crippen molar-refractivity contribution in [1.29, 1.82) is 0 Å². The van der Waals surface area contributed by atoms with Crippen molar-refractivity contribution in [3.63, 3.8) is 0 Å². The highest BCUT2D eigenvalue weighted by molar-refractivity contribution is 6.04. The van der Waals surface area contributed by atoms with Gasteiger partial charge in [-0.25, -0.2) is 8.78 Å². The van der Waals surface area contributed by atoms with Crippen LogP contribution in [0.5, 0.6) is 0 Å². The minimum atomic E-state index is -0.522. The Labute approximate surface area is 210 Å². The molecular weight excluding hydrogens is 484 g/mol. The number of nitrogen functional groups attached to an aromatic ring is 1. The van der Waals surface area contributed by atoms with Crippen molar-refractivity contribution in [3.05, 3.63) is 130 Å². The van der Waals surface area contributed by atoms with Gasteiger partial charge < -0.3 is 16.1 Å². The Morgan fingerprint density at radius 1 is 0.622 bits per heavy atom. The second kappa shape index (κ2) is 12.5. The van der Waals surface area contributed by atoms with Crippen molar-refractivity contribution in [2.75, 3.05) is 16.1 Å². The molecule has 0 aromatic heterocycles. The van der Waals surface area contributed by atoms with Crippen LogP contribution in [-0.2, 0) is 0 Å². The summed E-state index contributed by atoms with van der Waals surface area (Å²) in [6.45, 7) is 0. The van der Waals surface area contributed by atoms with Crippen molar-refractivity contribution in [2.24, 2.45) is 5.84 Å². The molecule has 0 aliphatic carbocycles. The van der Waals surface area contributed by atoms with E-state index >= 15 is 0 Å². The summed E-state index contributed by atoms with van der Waals surface area (Å²) in [5.74, 6) is 3.74. The summed E-state index contributed by atoms with van der Waals surface area (Å²) in [6, 6.07) is 22.8. The van der Waals surface area contributed by atoms with Gasteiger partial charge in [-0.3, -0.25) is 25.5 Å². The zero-order valence-corrected chi connectivity index (χ0v) is 19.2. The Balaban J connectivity index is 0.000000206. The fourth-order valence-electron chi connectivity index (χ4n) is 2.93. The molecule has 37 heavy (non-hydrogen) atoms. The van der Waals surface area contributed by atoms with E-state index in [4.69, 9.17) is 5.84 Å². The average Bonchev–Trinajstić information content (AvgIpc) is 2.90. The highest BCUT2D eigenvalue weighted by Gasteiger charge is 2.08. The number of hydrogen-bond donors (Lipinski definition) is 4. The minimum absolute atomic E-state index is 0.0558. The molecule has 0 unspecified atom stereocenters. The topological polar surface area (TPSA) is 139 Å². The Hall–Kier alpha value is -5.16. The van der Waals surface area contributed by atoms with E-state index in [-0.39, 0.29) is 17.4 Å². The third kappa shape index (κ3) is 7.94. The molecule has 0 heterocycles. The van der Waals surface area contributed by atoms with Gasteiger partial charge in [0, 0.05) is 40.3 Å². The standard InChI is InChI=1S/C13H12FN3O.C13H9FN2O3/c14-10-3-1-9(2-4-10)13(18)16-11-5-7-12(17-15)8-6-11;14-10-3-1-9(2-4-10)13(17)15-11-5-7-12(8-6-11)16(18)19/h1-8,17H,15H2,(H,16,18);1-8H,(H,15,17). The van der Waals surface area contributed by atoms with Gasteiger partial charge in [-0.15, -0.1) is 0 Å². The first-order chi connectivity index (χ1) is 17.7. The summed E-state index contributed by atoms with van der Waals surface area (Å²) in [6.07, 6.45) is 0. The zero-order chi connectivity index (χ0) is 26.8. The maximum absolute atomic E-state index is 12.7. The number of rotatable bonds is 6. The van der Waals surface area contributed by atoms with E-state index < -0.39 is 16.6 Å². The van der Waals surface area contributed by atoms with Gasteiger partial charge in [0.1, 0.15) is 11.6 Å². The lowest BCUT2D eigenvalue weighted by Gasteiger charge is -2.06. The van der Waals surface area contributed by atoms with Crippen LogP contribution in [0.25, 0.3) is 0 Å². The molecule has 0 aliphatic rings. The first-order valence-electron chi connectivity index (χ1n) is 10.7. The molecule has 5 N–H and O–H groups in total. The van der Waals surface area contributed by atoms with Crippen LogP contribution in [0, 0.1) is 21.7 Å². The first-order valence-corrected chi connectivity index (χ1v) is 10.7. The van der Waals surface area contributed by atoms with Crippen LogP contribution in [0.4, 0.5) is 31.5 Å². The molecule has 11 heteroatoms. The zero-order valence-electron chi connectivity index (χ0n) is 19.2. The number of hydrogen-bond acceptors (Lipinski definition) is 6. The molecule has 0 spiro atoms. The van der Waals surface area contributed by atoms with E-state index in [1.807, 2.05) is 0 Å². The van der Waals surface area contributed by atoms with Crippen LogP contribution in [0.15, 0.2) is 97.1 Å². The molecule has 9 nitrogen and oxygen atoms in total. The normalized spacial score (nSPS) is 9.92. The lowest BCUT2D eigenvalue weighted by molar-refractivity contribution is -0.384. The van der Waals surface area contributed by atoms with Gasteiger partial charge in [0.05, 0.1) is 4.92 Å². The fourth-order valence-corrected chi connectivity index (χ4v) is 2.93. The summed E-state index contributed by atoms with van der Waals surface area (Å²) in [4.78, 5) is 33.5. The van der Waals surface area contributed by atoms with Gasteiger partial charge in [0.2, 0.25) is 0 Å². The van der Waals surface area contributed by atoms with Crippen LogP contribution in [-0.4, -0.2) is 16.7 Å². The predicted octanol–water partition coefficient (Wildman–Crippen LogP) is 5.35. The van der Waals surface area contributed by atoms with Crippen molar-refractivity contribution in [1.82, 2.24) is 0 Å². The van der Waals surface area contributed by atoms with E-state index in [1.165, 1.54) is 72.8 Å². The quantitative estimate of drug-likeness (QED) is 0.158. The molecule has 0 bridgehead atoms. The number of hydrazine groups is 1. The number of nitro benzene ring substituents is 1. The summed E-state index contributed by atoms with van der Waals surface area (Å²) in [5.41, 5.74) is 4.96. The van der Waals surface area contributed by atoms with E-state index in [9.17, 15) is 28.5 Å². The van der Waals surface area contributed by atoms with Crippen LogP contribution in [0.3, 0.4) is 0 Å². The van der Waals surface area contributed by atoms with E-state index in [1.54, 1.807) is 24.3 Å². The number of amides is 2. The van der Waals surface area contributed by atoms with Crippen molar-refractivity contribution < 1.29 is 23.3 Å². The number of carbonyl (C=O) groups is 2. The fraction of sp³-hybridized carbons (Fsp3) is 0. The van der Waals surface area contributed by atoms with Crippen LogP contribution >= 0.6 is 0 Å². The Bertz CT molecular complexity index is 1360. The first kappa shape index (κ1) is 26.4. The molecule has 0 atom stereocenters. The average molecular weight is 505 g/mol. The number of nitro groups is 1. The van der Waals surface area contributed by atoms with E-state index in [0.29, 0.717) is 22.5 Å². The highest BCUT2D eigenvalue weighted by atomic mass is 19.1. The molecule has 2 amide bonds. The molecule has 4 aromatic rings. The monoisotopic (exact) mass is 505 g/mol. The van der Waals surface area contributed by atoms with Crippen LogP contribution in [0.1, 0.15) is 20.7 Å². The molecule has 4 rings (SSSR count). The summed E-state index contributed by atoms with van der Waals surface area (Å²) >= 11 is 0. The van der Waals surface area contributed by atoms with Crippen LogP contribution < -0.4 is 21.9 Å². The van der Waals surface area contributed by atoms with Gasteiger partial charge in [0.15, 0.2) is 0 Å². The number of nitrogens with zero attached hydrogens (tertiary/aromatic N) is 1. The maximum atomic E-state index is 12.7. The summed E-state index contributed by atoms with van der Waals surface area (Å²) in [5, 5.41) is 15.7. The lowest BCUT2D eigenvalue weighted by Crippen LogP contribution is -2.12. The summed E-state index contributed by atoms with van der Waals surface area (Å²) in [7, 11) is 0. The van der Waals surface area contributed by atoms with Gasteiger partial charge in [-0.05, 0) is 84.9 Å². The number of nitrogens with two attached hydrogens (primary N) is 1. The number of anilines is 3. The van der Waals surface area contributed by atoms with Gasteiger partial charge in [-0.2, -0.15) is 0 Å². The highest BCUT2D eigenvalue weighted by Crippen LogP contribution is 2.17. The largest absolute Gasteiger partial charge is 0.324 e. The third-order valence-corrected chi connectivity index (χ3v) is 4.86. The minimum Gasteiger partial charge on any atom is -0.324 e. The Kier molecular flexibility index (Phi) is 8.95. The molecule has 0 fully saturated rings. The molecule has 0 saturated heterocycles. The number of carbonyl (C=O) groups excluding carboxylic acids is 2. The van der Waals surface area contributed by atoms with Gasteiger partial charge >= 0.3 is 0 Å². The number of non-ortho nitro benzene ring substituents is 1. The molecular formula is C26H21F2N5O4. The second-order valence-corrected chi connectivity index (χ2v) is 7.45. The third-order valence-electron chi connectivity index (χ3n) is 4.86. The van der Waals surface area contributed by atoms with Crippen molar-refractivity contribution in [3.8, 4) is 0 Å². The lowest BCUT2D eigenvalue weighted by atomic mass is 10.2. The van der Waals surface area contributed by atoms with Crippen LogP contribution in [0.2, 0.25) is 0 Å². The summed E-state index contributed by atoms with van der Waals surface area (Å²) < 4.78 is 25.4. The Morgan fingerprint density at radius 3 is 1.32 bits per heavy atom. The Morgan fingerprint density at radius 2 is 0.973 bits per heavy atom. The van der Waals surface area contributed by atoms with E-state index in [2.05, 4.69) is 16.1 Å². The molecule has 0 aliphatic heterocycles. The van der Waals surface area contributed by atoms with Crippen molar-refractivity contribution in [2.45, 2.75) is 0 Å². The van der Waals surface area contributed by atoms with Crippen molar-refractivity contribution >= 4 is 34.6 Å². The second-order valence-electron chi connectivity index (χ2n) is 7.45. The number of benzene rings is 4. The van der Waals surface area contributed by atoms with E-state index in [0.717, 1.165) is 5.69 Å². The van der Waals surface area contributed by atoms with Gasteiger partial charge in [0.25, 0.3) is 17.5 Å².